The summed E-state index contributed by atoms with van der Waals surface area (Å²) < 4.78 is 3.82. The summed E-state index contributed by atoms with van der Waals surface area (Å²) >= 11 is 7.74. The van der Waals surface area contributed by atoms with Gasteiger partial charge < -0.3 is 5.32 Å². The van der Waals surface area contributed by atoms with Gasteiger partial charge in [-0.3, -0.25) is 9.08 Å². The van der Waals surface area contributed by atoms with E-state index in [0.717, 1.165) is 17.3 Å². The zero-order valence-corrected chi connectivity index (χ0v) is 11.4. The van der Waals surface area contributed by atoms with Crippen LogP contribution in [-0.4, -0.2) is 19.2 Å². The van der Waals surface area contributed by atoms with Gasteiger partial charge in [0.25, 0.3) is 0 Å². The summed E-state index contributed by atoms with van der Waals surface area (Å²) in [5.74, 6) is 0.726. The number of imidazole rings is 1. The fourth-order valence-corrected chi connectivity index (χ4v) is 2.80. The molecule has 0 saturated carbocycles. The molecule has 0 aliphatic carbocycles. The second kappa shape index (κ2) is 4.62. The van der Waals surface area contributed by atoms with E-state index in [-0.39, 0.29) is 0 Å². The first kappa shape index (κ1) is 11.6. The van der Waals surface area contributed by atoms with Crippen LogP contribution in [0.2, 0.25) is 5.02 Å². The van der Waals surface area contributed by atoms with Crippen molar-refractivity contribution in [3.05, 3.63) is 34.7 Å². The molecule has 3 heterocycles. The molecule has 0 aromatic carbocycles. The third kappa shape index (κ3) is 2.09. The molecule has 0 atom stereocenters. The number of nitrogens with one attached hydrogen (secondary N) is 1. The molecule has 0 aliphatic rings. The van der Waals surface area contributed by atoms with E-state index < -0.39 is 0 Å². The molecule has 0 spiro atoms. The van der Waals surface area contributed by atoms with E-state index >= 15 is 0 Å². The van der Waals surface area contributed by atoms with Gasteiger partial charge in [-0.1, -0.05) is 22.9 Å². The molecule has 5 nitrogen and oxygen atoms in total. The van der Waals surface area contributed by atoms with Crippen molar-refractivity contribution in [1.82, 2.24) is 19.2 Å². The minimum Gasteiger partial charge on any atom is -0.362 e. The molecule has 1 N–H and O–H groups in total. The predicted octanol–water partition coefficient (Wildman–Crippen LogP) is 2.88. The molecule has 7 heteroatoms. The Balaban J connectivity index is 1.73. The molecular weight excluding hydrogens is 270 g/mol. The zero-order chi connectivity index (χ0) is 12.5. The molecule has 3 aromatic heterocycles. The SMILES string of the molecule is CCn1cc(Cl)c(NCc2cn3ccnc3s2)n1. The van der Waals surface area contributed by atoms with Crippen molar-refractivity contribution in [3.8, 4) is 0 Å². The van der Waals surface area contributed by atoms with Gasteiger partial charge in [0.15, 0.2) is 10.8 Å². The second-order valence-corrected chi connectivity index (χ2v) is 5.35. The standard InChI is InChI=1S/C11H12ClN5S/c1-2-17-7-9(12)10(15-17)14-5-8-6-16-4-3-13-11(16)18-8/h3-4,6-7H,2,5H2,1H3,(H,14,15). The maximum Gasteiger partial charge on any atom is 0.193 e. The highest BCUT2D eigenvalue weighted by molar-refractivity contribution is 7.17. The lowest BCUT2D eigenvalue weighted by molar-refractivity contribution is 0.661. The number of aryl methyl sites for hydroxylation is 1. The molecule has 0 unspecified atom stereocenters. The van der Waals surface area contributed by atoms with Crippen LogP contribution >= 0.6 is 22.9 Å². The van der Waals surface area contributed by atoms with Gasteiger partial charge in [-0.05, 0) is 6.92 Å². The molecular formula is C11H12ClN5S. The Bertz CT molecular complexity index is 639. The van der Waals surface area contributed by atoms with Gasteiger partial charge in [0.2, 0.25) is 0 Å². The summed E-state index contributed by atoms with van der Waals surface area (Å²) in [7, 11) is 0. The highest BCUT2D eigenvalue weighted by Crippen LogP contribution is 2.22. The van der Waals surface area contributed by atoms with Crippen molar-refractivity contribution < 1.29 is 0 Å². The van der Waals surface area contributed by atoms with E-state index in [0.29, 0.717) is 11.6 Å². The molecule has 18 heavy (non-hydrogen) atoms. The summed E-state index contributed by atoms with van der Waals surface area (Å²) in [5.41, 5.74) is 0. The van der Waals surface area contributed by atoms with Crippen LogP contribution in [0.5, 0.6) is 0 Å². The number of rotatable bonds is 4. The fourth-order valence-electron chi connectivity index (χ4n) is 1.71. The quantitative estimate of drug-likeness (QED) is 0.800. The van der Waals surface area contributed by atoms with Gasteiger partial charge in [-0.15, -0.1) is 0 Å². The highest BCUT2D eigenvalue weighted by Gasteiger charge is 2.07. The number of fused-ring (bicyclic) bond motifs is 1. The first-order valence-corrected chi connectivity index (χ1v) is 6.84. The Hall–Kier alpha value is -1.53. The molecule has 0 amide bonds. The van der Waals surface area contributed by atoms with Gasteiger partial charge in [0.05, 0.1) is 6.54 Å². The Kier molecular flexibility index (Phi) is 2.97. The average Bonchev–Trinajstić information content (AvgIpc) is 3.00. The molecule has 3 aromatic rings. The Morgan fingerprint density at radius 3 is 3.06 bits per heavy atom. The number of hydrogen-bond donors (Lipinski definition) is 1. The van der Waals surface area contributed by atoms with Crippen LogP contribution in [0.1, 0.15) is 11.8 Å². The Morgan fingerprint density at radius 2 is 2.33 bits per heavy atom. The van der Waals surface area contributed by atoms with Crippen LogP contribution in [-0.2, 0) is 13.1 Å². The highest BCUT2D eigenvalue weighted by atomic mass is 35.5. The summed E-state index contributed by atoms with van der Waals surface area (Å²) in [6.45, 7) is 3.55. The lowest BCUT2D eigenvalue weighted by atomic mass is 10.5. The Morgan fingerprint density at radius 1 is 1.44 bits per heavy atom. The molecule has 0 saturated heterocycles. The number of hydrogen-bond acceptors (Lipinski definition) is 4. The molecule has 94 valence electrons. The van der Waals surface area contributed by atoms with Crippen molar-refractivity contribution in [3.63, 3.8) is 0 Å². The first-order valence-electron chi connectivity index (χ1n) is 5.64. The van der Waals surface area contributed by atoms with Gasteiger partial charge in [-0.25, -0.2) is 4.98 Å². The predicted molar refractivity (Wildman–Crippen MR) is 73.3 cm³/mol. The van der Waals surface area contributed by atoms with Crippen molar-refractivity contribution in [2.45, 2.75) is 20.0 Å². The van der Waals surface area contributed by atoms with Gasteiger partial charge in [0, 0.05) is 36.2 Å². The molecule has 0 bridgehead atoms. The minimum absolute atomic E-state index is 0.651. The third-order valence-electron chi connectivity index (χ3n) is 2.61. The van der Waals surface area contributed by atoms with E-state index in [2.05, 4.69) is 21.6 Å². The smallest absolute Gasteiger partial charge is 0.193 e. The van der Waals surface area contributed by atoms with Crippen molar-refractivity contribution >= 4 is 33.7 Å². The number of aromatic nitrogens is 4. The minimum atomic E-state index is 0.651. The number of halogens is 1. The summed E-state index contributed by atoms with van der Waals surface area (Å²) in [6.07, 6.45) is 7.62. The number of thiazole rings is 1. The maximum absolute atomic E-state index is 6.09. The molecule has 0 fully saturated rings. The molecule has 0 radical (unpaired) electrons. The molecule has 3 rings (SSSR count). The fraction of sp³-hybridized carbons (Fsp3) is 0.273. The average molecular weight is 282 g/mol. The van der Waals surface area contributed by atoms with E-state index in [4.69, 9.17) is 11.6 Å². The summed E-state index contributed by atoms with van der Waals surface area (Å²) in [4.78, 5) is 6.43. The van der Waals surface area contributed by atoms with Crippen LogP contribution in [0.3, 0.4) is 0 Å². The summed E-state index contributed by atoms with van der Waals surface area (Å²) in [6, 6.07) is 0. The van der Waals surface area contributed by atoms with Crippen LogP contribution < -0.4 is 5.32 Å². The lowest BCUT2D eigenvalue weighted by Gasteiger charge is -2.00. The number of anilines is 1. The van der Waals surface area contributed by atoms with Gasteiger partial charge >= 0.3 is 0 Å². The normalized spacial score (nSPS) is 11.2. The second-order valence-electron chi connectivity index (χ2n) is 3.85. The van der Waals surface area contributed by atoms with E-state index in [1.54, 1.807) is 17.5 Å². The van der Waals surface area contributed by atoms with Crippen molar-refractivity contribution in [2.24, 2.45) is 0 Å². The van der Waals surface area contributed by atoms with Crippen molar-refractivity contribution in [1.29, 1.82) is 0 Å². The number of nitrogens with zero attached hydrogens (tertiary/aromatic N) is 4. The monoisotopic (exact) mass is 281 g/mol. The van der Waals surface area contributed by atoms with Crippen LogP contribution in [0.25, 0.3) is 4.96 Å². The zero-order valence-electron chi connectivity index (χ0n) is 9.80. The maximum atomic E-state index is 6.09. The lowest BCUT2D eigenvalue weighted by Crippen LogP contribution is -2.00. The van der Waals surface area contributed by atoms with Crippen molar-refractivity contribution in [2.75, 3.05) is 5.32 Å². The Labute approximate surface area is 113 Å². The van der Waals surface area contributed by atoms with Crippen LogP contribution in [0, 0.1) is 0 Å². The molecule has 0 aliphatic heterocycles. The third-order valence-corrected chi connectivity index (χ3v) is 3.90. The van der Waals surface area contributed by atoms with Crippen LogP contribution in [0.4, 0.5) is 5.82 Å². The summed E-state index contributed by atoms with van der Waals surface area (Å²) in [5, 5.41) is 8.23. The topological polar surface area (TPSA) is 47.2 Å². The van der Waals surface area contributed by atoms with Gasteiger partial charge in [0.1, 0.15) is 5.02 Å². The first-order chi connectivity index (χ1) is 8.76. The van der Waals surface area contributed by atoms with Crippen LogP contribution in [0.15, 0.2) is 24.8 Å². The van der Waals surface area contributed by atoms with E-state index in [1.807, 2.05) is 28.4 Å². The van der Waals surface area contributed by atoms with Gasteiger partial charge in [-0.2, -0.15) is 5.10 Å². The largest absolute Gasteiger partial charge is 0.362 e. The van der Waals surface area contributed by atoms with E-state index in [9.17, 15) is 0 Å². The van der Waals surface area contributed by atoms with E-state index in [1.165, 1.54) is 4.88 Å².